The highest BCUT2D eigenvalue weighted by Crippen LogP contribution is 2.67. The van der Waals surface area contributed by atoms with E-state index in [1.165, 1.54) is 53.2 Å². The molecule has 5 aromatic rings. The van der Waals surface area contributed by atoms with Crippen molar-refractivity contribution < 1.29 is 0 Å². The largest absolute Gasteiger partial charge is 0.137 e. The van der Waals surface area contributed by atoms with Gasteiger partial charge in [-0.25, -0.2) is 0 Å². The quantitative estimate of drug-likeness (QED) is 0.252. The summed E-state index contributed by atoms with van der Waals surface area (Å²) < 4.78 is 1.19. The van der Waals surface area contributed by atoms with Crippen LogP contribution in [0.1, 0.15) is 16.0 Å². The van der Waals surface area contributed by atoms with Crippen LogP contribution in [0.2, 0.25) is 0 Å². The lowest BCUT2D eigenvalue weighted by atomic mass is 9.88. The first-order valence-electron chi connectivity index (χ1n) is 9.88. The monoisotopic (exact) mass is 404 g/mol. The van der Waals surface area contributed by atoms with Gasteiger partial charge in [-0.15, -0.1) is 23.1 Å². The number of thiophene rings is 1. The second-order valence-electron chi connectivity index (χ2n) is 7.67. The van der Waals surface area contributed by atoms with Crippen molar-refractivity contribution in [1.29, 1.82) is 0 Å². The minimum absolute atomic E-state index is 0.180. The van der Waals surface area contributed by atoms with Crippen LogP contribution in [0.4, 0.5) is 0 Å². The van der Waals surface area contributed by atoms with Gasteiger partial charge in [-0.05, 0) is 39.9 Å². The van der Waals surface area contributed by atoms with Gasteiger partial charge in [-0.2, -0.15) is 0 Å². The van der Waals surface area contributed by atoms with E-state index in [-0.39, 0.29) is 4.75 Å². The highest BCUT2D eigenvalue weighted by Gasteiger charge is 2.50. The molecule has 2 heterocycles. The van der Waals surface area contributed by atoms with Gasteiger partial charge >= 0.3 is 0 Å². The molecule has 0 N–H and O–H groups in total. The number of rotatable bonds is 0. The molecule has 0 atom stereocenters. The van der Waals surface area contributed by atoms with Crippen molar-refractivity contribution >= 4 is 33.2 Å². The first-order valence-corrected chi connectivity index (χ1v) is 11.5. The molecule has 0 saturated carbocycles. The van der Waals surface area contributed by atoms with E-state index < -0.39 is 0 Å². The van der Waals surface area contributed by atoms with Crippen LogP contribution in [0.3, 0.4) is 0 Å². The van der Waals surface area contributed by atoms with Gasteiger partial charge in [0.25, 0.3) is 0 Å². The molecule has 1 aromatic heterocycles. The lowest BCUT2D eigenvalue weighted by molar-refractivity contribution is 0.948. The van der Waals surface area contributed by atoms with Crippen molar-refractivity contribution in [2.24, 2.45) is 0 Å². The van der Waals surface area contributed by atoms with Gasteiger partial charge < -0.3 is 0 Å². The zero-order valence-corrected chi connectivity index (χ0v) is 17.2. The summed E-state index contributed by atoms with van der Waals surface area (Å²) in [5.41, 5.74) is 8.39. The van der Waals surface area contributed by atoms with Crippen molar-refractivity contribution in [2.75, 3.05) is 0 Å². The van der Waals surface area contributed by atoms with Crippen LogP contribution in [0.15, 0.2) is 102 Å². The molecule has 0 radical (unpaired) electrons. The van der Waals surface area contributed by atoms with Crippen LogP contribution in [0.5, 0.6) is 0 Å². The van der Waals surface area contributed by atoms with Gasteiger partial charge in [0.15, 0.2) is 0 Å². The molecule has 136 valence electrons. The van der Waals surface area contributed by atoms with E-state index in [1.807, 2.05) is 23.1 Å². The van der Waals surface area contributed by atoms with E-state index >= 15 is 0 Å². The van der Waals surface area contributed by atoms with Crippen molar-refractivity contribution in [1.82, 2.24) is 0 Å². The highest BCUT2D eigenvalue weighted by molar-refractivity contribution is 8.01. The summed E-state index contributed by atoms with van der Waals surface area (Å²) in [6, 6.07) is 35.8. The molecule has 7 rings (SSSR count). The second kappa shape index (κ2) is 5.63. The van der Waals surface area contributed by atoms with Gasteiger partial charge in [0.05, 0.1) is 0 Å². The molecule has 1 spiro atoms. The lowest BCUT2D eigenvalue weighted by Crippen LogP contribution is -2.24. The van der Waals surface area contributed by atoms with Crippen LogP contribution in [-0.2, 0) is 4.75 Å². The van der Waals surface area contributed by atoms with Gasteiger partial charge in [-0.1, -0.05) is 84.9 Å². The Morgan fingerprint density at radius 2 is 1.14 bits per heavy atom. The van der Waals surface area contributed by atoms with E-state index in [1.54, 1.807) is 0 Å². The highest BCUT2D eigenvalue weighted by atomic mass is 32.2. The standard InChI is InChI=1S/C27H16S2/c1-5-13-21-17(9-1)18-10-2-6-14-22(18)27(21)26-25(19-11-3-7-15-23(19)28-26)20-12-4-8-16-24(20)29-27/h1-16H. The van der Waals surface area contributed by atoms with E-state index in [0.717, 1.165) is 0 Å². The van der Waals surface area contributed by atoms with Crippen LogP contribution in [-0.4, -0.2) is 0 Å². The average molecular weight is 405 g/mol. The maximum absolute atomic E-state index is 2.34. The van der Waals surface area contributed by atoms with Crippen molar-refractivity contribution in [3.63, 3.8) is 0 Å². The minimum atomic E-state index is -0.180. The first-order chi connectivity index (χ1) is 14.4. The van der Waals surface area contributed by atoms with Crippen molar-refractivity contribution in [2.45, 2.75) is 9.64 Å². The second-order valence-corrected chi connectivity index (χ2v) is 9.98. The minimum Gasteiger partial charge on any atom is -0.137 e. The maximum Gasteiger partial charge on any atom is 0.106 e. The molecule has 0 bridgehead atoms. The predicted molar refractivity (Wildman–Crippen MR) is 125 cm³/mol. The van der Waals surface area contributed by atoms with Gasteiger partial charge in [0.2, 0.25) is 0 Å². The summed E-state index contributed by atoms with van der Waals surface area (Å²) in [6.45, 7) is 0. The molecule has 0 amide bonds. The Morgan fingerprint density at radius 3 is 1.90 bits per heavy atom. The number of hydrogen-bond donors (Lipinski definition) is 0. The molecular formula is C27H16S2. The third-order valence-corrected chi connectivity index (χ3v) is 9.18. The average Bonchev–Trinajstić information content (AvgIpc) is 3.30. The summed E-state index contributed by atoms with van der Waals surface area (Å²) in [5, 5.41) is 1.38. The summed E-state index contributed by atoms with van der Waals surface area (Å²) in [7, 11) is 0. The molecule has 1 aliphatic carbocycles. The predicted octanol–water partition coefficient (Wildman–Crippen LogP) is 7.95. The van der Waals surface area contributed by atoms with Crippen molar-refractivity contribution in [3.05, 3.63) is 113 Å². The molecule has 0 fully saturated rings. The maximum atomic E-state index is 2.34. The molecule has 2 aliphatic rings. The molecule has 4 aromatic carbocycles. The third kappa shape index (κ3) is 1.91. The molecule has 29 heavy (non-hydrogen) atoms. The summed E-state index contributed by atoms with van der Waals surface area (Å²) in [4.78, 5) is 2.84. The van der Waals surface area contributed by atoms with E-state index in [9.17, 15) is 0 Å². The third-order valence-electron chi connectivity index (χ3n) is 6.24. The summed E-state index contributed by atoms with van der Waals surface area (Å²) in [6.07, 6.45) is 0. The molecule has 0 nitrogen and oxygen atoms in total. The van der Waals surface area contributed by atoms with E-state index in [4.69, 9.17) is 0 Å². The van der Waals surface area contributed by atoms with Gasteiger partial charge in [0, 0.05) is 25.4 Å². The van der Waals surface area contributed by atoms with Crippen LogP contribution in [0, 0.1) is 0 Å². The van der Waals surface area contributed by atoms with E-state index in [2.05, 4.69) is 97.1 Å². The molecular weight excluding hydrogens is 388 g/mol. The van der Waals surface area contributed by atoms with Gasteiger partial charge in [0.1, 0.15) is 4.75 Å². The number of benzene rings is 4. The molecule has 0 unspecified atom stereocenters. The Morgan fingerprint density at radius 1 is 0.552 bits per heavy atom. The Bertz CT molecular complexity index is 1390. The SMILES string of the molecule is c1ccc2c(c1)SC1(c3ccccc3-c3ccccc31)c1sc3ccccc3c1-2. The number of fused-ring (bicyclic) bond motifs is 11. The topological polar surface area (TPSA) is 0 Å². The summed E-state index contributed by atoms with van der Waals surface area (Å²) >= 11 is 3.99. The number of thioether (sulfide) groups is 1. The molecule has 1 aliphatic heterocycles. The smallest absolute Gasteiger partial charge is 0.106 e. The van der Waals surface area contributed by atoms with E-state index in [0.29, 0.717) is 0 Å². The van der Waals surface area contributed by atoms with Gasteiger partial charge in [-0.3, -0.25) is 0 Å². The van der Waals surface area contributed by atoms with Crippen LogP contribution in [0.25, 0.3) is 32.3 Å². The van der Waals surface area contributed by atoms with Crippen molar-refractivity contribution in [3.8, 4) is 22.3 Å². The molecule has 0 saturated heterocycles. The Kier molecular flexibility index (Phi) is 3.11. The fourth-order valence-corrected chi connectivity index (χ4v) is 8.19. The summed E-state index contributed by atoms with van der Waals surface area (Å²) in [5.74, 6) is 0. The Labute approximate surface area is 177 Å². The zero-order valence-electron chi connectivity index (χ0n) is 15.6. The lowest BCUT2D eigenvalue weighted by Gasteiger charge is -2.36. The fourth-order valence-electron chi connectivity index (χ4n) is 5.08. The van der Waals surface area contributed by atoms with Crippen LogP contribution >= 0.6 is 23.1 Å². The Balaban J connectivity index is 1.70. The molecule has 2 heteroatoms. The zero-order chi connectivity index (χ0) is 19.0. The number of hydrogen-bond acceptors (Lipinski definition) is 2. The normalized spacial score (nSPS) is 15.0. The fraction of sp³-hybridized carbons (Fsp3) is 0.0370. The van der Waals surface area contributed by atoms with Crippen LogP contribution < -0.4 is 0 Å². The Hall–Kier alpha value is -2.81. The first kappa shape index (κ1) is 16.0.